The van der Waals surface area contributed by atoms with E-state index in [1.54, 1.807) is 12.1 Å². The summed E-state index contributed by atoms with van der Waals surface area (Å²) in [5.41, 5.74) is 1.32. The molecule has 0 aliphatic carbocycles. The van der Waals surface area contributed by atoms with Gasteiger partial charge in [-0.15, -0.1) is 0 Å². The largest absolute Gasteiger partial charge is 0.316 e. The Bertz CT molecular complexity index is 912. The van der Waals surface area contributed by atoms with Crippen LogP contribution in [0.15, 0.2) is 35.3 Å². The number of nitrogens with one attached hydrogen (secondary N) is 1. The summed E-state index contributed by atoms with van der Waals surface area (Å²) in [6.45, 7) is 4.00. The van der Waals surface area contributed by atoms with Gasteiger partial charge in [0.25, 0.3) is 11.5 Å². The van der Waals surface area contributed by atoms with Crippen molar-refractivity contribution >= 4 is 27.9 Å². The van der Waals surface area contributed by atoms with Crippen LogP contribution in [0.1, 0.15) is 34.3 Å². The molecule has 23 heavy (non-hydrogen) atoms. The number of amides is 1. The number of aromatic nitrogens is 3. The third-order valence-electron chi connectivity index (χ3n) is 3.35. The monoisotopic (exact) mass is 328 g/mol. The number of carbonyl (C=O) groups is 1. The molecule has 1 aromatic carbocycles. The second-order valence-corrected chi connectivity index (χ2v) is 6.28. The van der Waals surface area contributed by atoms with Crippen molar-refractivity contribution in [3.05, 3.63) is 57.0 Å². The Hall–Kier alpha value is -2.54. The predicted octanol–water partition coefficient (Wildman–Crippen LogP) is 2.66. The van der Waals surface area contributed by atoms with E-state index < -0.39 is 0 Å². The van der Waals surface area contributed by atoms with E-state index in [1.165, 1.54) is 22.0 Å². The van der Waals surface area contributed by atoms with Crippen molar-refractivity contribution < 1.29 is 4.79 Å². The maximum Gasteiger partial charge on any atom is 0.298 e. The van der Waals surface area contributed by atoms with Crippen LogP contribution >= 0.6 is 11.3 Å². The Balaban J connectivity index is 1.90. The number of nitrogens with zero attached hydrogens (tertiary/aromatic N) is 3. The molecular formula is C16H16N4O2S. The van der Waals surface area contributed by atoms with Crippen LogP contribution in [0.4, 0.5) is 5.69 Å². The van der Waals surface area contributed by atoms with Crippen LogP contribution in [0, 0.1) is 6.92 Å². The van der Waals surface area contributed by atoms with Crippen LogP contribution in [0.5, 0.6) is 0 Å². The number of fused-ring (bicyclic) bond motifs is 1. The minimum absolute atomic E-state index is 0.126. The summed E-state index contributed by atoms with van der Waals surface area (Å²) < 4.78 is 1.25. The second-order valence-electron chi connectivity index (χ2n) is 5.24. The molecule has 2 heterocycles. The van der Waals surface area contributed by atoms with Gasteiger partial charge in [-0.2, -0.15) is 9.61 Å². The normalized spacial score (nSPS) is 10.9. The number of anilines is 1. The van der Waals surface area contributed by atoms with Gasteiger partial charge in [-0.25, -0.2) is 4.98 Å². The maximum absolute atomic E-state index is 12.4. The quantitative estimate of drug-likeness (QED) is 0.799. The number of benzene rings is 1. The molecule has 0 radical (unpaired) electrons. The number of hydrogen-bond donors (Lipinski definition) is 1. The average Bonchev–Trinajstić information content (AvgIpc) is 2.95. The van der Waals surface area contributed by atoms with Crippen molar-refractivity contribution in [1.29, 1.82) is 0 Å². The van der Waals surface area contributed by atoms with E-state index in [-0.39, 0.29) is 17.2 Å². The summed E-state index contributed by atoms with van der Waals surface area (Å²) in [5.74, 6) is -0.340. The zero-order valence-electron chi connectivity index (χ0n) is 12.9. The van der Waals surface area contributed by atoms with Crippen molar-refractivity contribution in [3.63, 3.8) is 0 Å². The molecule has 6 nitrogen and oxygen atoms in total. The highest BCUT2D eigenvalue weighted by Crippen LogP contribution is 2.14. The van der Waals surface area contributed by atoms with Gasteiger partial charge in [0.05, 0.1) is 6.20 Å². The van der Waals surface area contributed by atoms with Crippen LogP contribution in [-0.2, 0) is 6.42 Å². The Kier molecular flexibility index (Phi) is 4.20. The summed E-state index contributed by atoms with van der Waals surface area (Å²) in [6.07, 6.45) is 3.14. The highest BCUT2D eigenvalue weighted by molar-refractivity contribution is 7.16. The first-order chi connectivity index (χ1) is 11.1. The lowest BCUT2D eigenvalue weighted by molar-refractivity contribution is 0.102. The molecule has 118 valence electrons. The van der Waals surface area contributed by atoms with Gasteiger partial charge in [0, 0.05) is 12.0 Å². The summed E-state index contributed by atoms with van der Waals surface area (Å²) in [5, 5.41) is 7.73. The molecule has 0 atom stereocenters. The number of carbonyl (C=O) groups excluding carboxylic acids is 1. The van der Waals surface area contributed by atoms with Gasteiger partial charge in [0.1, 0.15) is 10.7 Å². The molecule has 0 aliphatic heterocycles. The van der Waals surface area contributed by atoms with Crippen LogP contribution in [0.3, 0.4) is 0 Å². The van der Waals surface area contributed by atoms with E-state index in [2.05, 4.69) is 22.3 Å². The van der Waals surface area contributed by atoms with Crippen LogP contribution < -0.4 is 10.9 Å². The molecule has 2 aromatic heterocycles. The van der Waals surface area contributed by atoms with Gasteiger partial charge >= 0.3 is 0 Å². The van der Waals surface area contributed by atoms with E-state index in [0.717, 1.165) is 23.4 Å². The highest BCUT2D eigenvalue weighted by Gasteiger charge is 2.13. The van der Waals surface area contributed by atoms with Gasteiger partial charge < -0.3 is 5.32 Å². The summed E-state index contributed by atoms with van der Waals surface area (Å²) in [6, 6.07) is 7.13. The molecule has 0 saturated carbocycles. The molecule has 3 aromatic rings. The molecule has 0 saturated heterocycles. The first kappa shape index (κ1) is 15.4. The lowest BCUT2D eigenvalue weighted by Crippen LogP contribution is -2.23. The van der Waals surface area contributed by atoms with E-state index in [9.17, 15) is 9.59 Å². The van der Waals surface area contributed by atoms with Crippen LogP contribution in [0.2, 0.25) is 0 Å². The maximum atomic E-state index is 12.4. The van der Waals surface area contributed by atoms with Crippen molar-refractivity contribution in [2.45, 2.75) is 26.7 Å². The molecule has 0 bridgehead atoms. The summed E-state index contributed by atoms with van der Waals surface area (Å²) in [4.78, 5) is 29.4. The molecular weight excluding hydrogens is 312 g/mol. The number of rotatable bonds is 4. The van der Waals surface area contributed by atoms with Gasteiger partial charge in [0.15, 0.2) is 0 Å². The molecule has 1 N–H and O–H groups in total. The van der Waals surface area contributed by atoms with Crippen molar-refractivity contribution in [2.75, 3.05) is 5.32 Å². The Morgan fingerprint density at radius 2 is 2.04 bits per heavy atom. The van der Waals surface area contributed by atoms with Crippen LogP contribution in [-0.4, -0.2) is 20.5 Å². The Morgan fingerprint density at radius 1 is 1.30 bits per heavy atom. The fraction of sp³-hybridized carbons (Fsp3) is 0.250. The fourth-order valence-electron chi connectivity index (χ4n) is 2.13. The summed E-state index contributed by atoms with van der Waals surface area (Å²) in [7, 11) is 0. The molecule has 0 fully saturated rings. The molecule has 3 rings (SSSR count). The topological polar surface area (TPSA) is 76.4 Å². The van der Waals surface area contributed by atoms with E-state index in [0.29, 0.717) is 10.5 Å². The second kappa shape index (κ2) is 6.29. The molecule has 1 amide bonds. The lowest BCUT2D eigenvalue weighted by atomic mass is 10.1. The molecule has 0 unspecified atom stereocenters. The fourth-order valence-corrected chi connectivity index (χ4v) is 3.08. The zero-order chi connectivity index (χ0) is 16.4. The highest BCUT2D eigenvalue weighted by atomic mass is 32.1. The van der Waals surface area contributed by atoms with E-state index >= 15 is 0 Å². The predicted molar refractivity (Wildman–Crippen MR) is 90.3 cm³/mol. The summed E-state index contributed by atoms with van der Waals surface area (Å²) >= 11 is 1.39. The van der Waals surface area contributed by atoms with Crippen molar-refractivity contribution in [2.24, 2.45) is 0 Å². The first-order valence-electron chi connectivity index (χ1n) is 7.34. The van der Waals surface area contributed by atoms with Crippen LogP contribution in [0.25, 0.3) is 4.96 Å². The molecule has 0 aliphatic rings. The standard InChI is InChI=1S/C16H16N4O2S/c1-3-4-13-19-20-15(22)12(9-17-16(20)23-13)18-14(21)11-7-5-10(2)6-8-11/h5-9H,3-4H2,1-2H3,(H,18,21). The van der Waals surface area contributed by atoms with Gasteiger partial charge in [0.2, 0.25) is 4.96 Å². The minimum atomic E-state index is -0.367. The average molecular weight is 328 g/mol. The van der Waals surface area contributed by atoms with Gasteiger partial charge in [-0.1, -0.05) is 36.0 Å². The third kappa shape index (κ3) is 3.14. The first-order valence-corrected chi connectivity index (χ1v) is 8.16. The van der Waals surface area contributed by atoms with E-state index in [1.807, 2.05) is 19.1 Å². The number of aryl methyl sites for hydroxylation is 2. The zero-order valence-corrected chi connectivity index (χ0v) is 13.7. The minimum Gasteiger partial charge on any atom is -0.316 e. The SMILES string of the molecule is CCCc1nn2c(=O)c(NC(=O)c3ccc(C)cc3)cnc2s1. The molecule has 0 spiro atoms. The van der Waals surface area contributed by atoms with Gasteiger partial charge in [-0.3, -0.25) is 9.59 Å². The lowest BCUT2D eigenvalue weighted by Gasteiger charge is -2.04. The van der Waals surface area contributed by atoms with Gasteiger partial charge in [-0.05, 0) is 25.5 Å². The Morgan fingerprint density at radius 3 is 2.74 bits per heavy atom. The number of hydrogen-bond acceptors (Lipinski definition) is 5. The molecule has 7 heteroatoms. The van der Waals surface area contributed by atoms with Crippen molar-refractivity contribution in [3.8, 4) is 0 Å². The smallest absolute Gasteiger partial charge is 0.298 e. The Labute approximate surface area is 136 Å². The van der Waals surface area contributed by atoms with E-state index in [4.69, 9.17) is 0 Å². The third-order valence-corrected chi connectivity index (χ3v) is 4.34. The van der Waals surface area contributed by atoms with Crippen molar-refractivity contribution in [1.82, 2.24) is 14.6 Å².